The predicted octanol–water partition coefficient (Wildman–Crippen LogP) is 4.51. The minimum absolute atomic E-state index is 0.318. The molecule has 0 amide bonds. The van der Waals surface area contributed by atoms with Gasteiger partial charge < -0.3 is 5.11 Å². The summed E-state index contributed by atoms with van der Waals surface area (Å²) in [6.45, 7) is 2.00. The van der Waals surface area contributed by atoms with E-state index in [9.17, 15) is 4.79 Å². The SMILES string of the molecule is Cc1ccc(C(=O)O)cc1-c1cccc2ccccc12. The van der Waals surface area contributed by atoms with Gasteiger partial charge in [0.1, 0.15) is 0 Å². The molecule has 0 aliphatic carbocycles. The molecule has 1 N–H and O–H groups in total. The Morgan fingerprint density at radius 3 is 2.45 bits per heavy atom. The van der Waals surface area contributed by atoms with Gasteiger partial charge in [-0.3, -0.25) is 0 Å². The Morgan fingerprint density at radius 1 is 0.900 bits per heavy atom. The van der Waals surface area contributed by atoms with Crippen LogP contribution in [0.15, 0.2) is 60.7 Å². The first kappa shape index (κ1) is 12.4. The molecule has 0 heterocycles. The highest BCUT2D eigenvalue weighted by Crippen LogP contribution is 2.31. The number of hydrogen-bond donors (Lipinski definition) is 1. The van der Waals surface area contributed by atoms with Crippen LogP contribution in [0.3, 0.4) is 0 Å². The summed E-state index contributed by atoms with van der Waals surface area (Å²) in [6.07, 6.45) is 0. The Bertz CT molecular complexity index is 798. The van der Waals surface area contributed by atoms with Crippen molar-refractivity contribution in [2.75, 3.05) is 0 Å². The minimum atomic E-state index is -0.897. The predicted molar refractivity (Wildman–Crippen MR) is 81.1 cm³/mol. The smallest absolute Gasteiger partial charge is 0.335 e. The van der Waals surface area contributed by atoms with Crippen molar-refractivity contribution < 1.29 is 9.90 Å². The zero-order chi connectivity index (χ0) is 14.1. The van der Waals surface area contributed by atoms with Gasteiger partial charge in [0.2, 0.25) is 0 Å². The molecule has 3 rings (SSSR count). The molecule has 0 atom stereocenters. The van der Waals surface area contributed by atoms with Gasteiger partial charge in [-0.1, -0.05) is 48.5 Å². The van der Waals surface area contributed by atoms with Crippen LogP contribution in [0.25, 0.3) is 21.9 Å². The highest BCUT2D eigenvalue weighted by Gasteiger charge is 2.10. The molecule has 0 aromatic heterocycles. The van der Waals surface area contributed by atoms with E-state index in [-0.39, 0.29) is 0 Å². The maximum Gasteiger partial charge on any atom is 0.335 e. The van der Waals surface area contributed by atoms with Gasteiger partial charge in [0.05, 0.1) is 5.56 Å². The zero-order valence-corrected chi connectivity index (χ0v) is 11.1. The first-order valence-electron chi connectivity index (χ1n) is 6.49. The van der Waals surface area contributed by atoms with Gasteiger partial charge in [-0.25, -0.2) is 4.79 Å². The first-order valence-corrected chi connectivity index (χ1v) is 6.49. The Balaban J connectivity index is 2.30. The van der Waals surface area contributed by atoms with E-state index in [1.165, 1.54) is 0 Å². The molecule has 0 bridgehead atoms. The van der Waals surface area contributed by atoms with Crippen molar-refractivity contribution in [1.29, 1.82) is 0 Å². The summed E-state index contributed by atoms with van der Waals surface area (Å²) in [5.41, 5.74) is 3.44. The fourth-order valence-electron chi connectivity index (χ4n) is 2.51. The summed E-state index contributed by atoms with van der Waals surface area (Å²) in [5, 5.41) is 11.5. The topological polar surface area (TPSA) is 37.3 Å². The fraction of sp³-hybridized carbons (Fsp3) is 0.0556. The third kappa shape index (κ3) is 2.05. The molecular formula is C18H14O2. The van der Waals surface area contributed by atoms with Gasteiger partial charge in [-0.05, 0) is 46.5 Å². The van der Waals surface area contributed by atoms with Crippen molar-refractivity contribution in [1.82, 2.24) is 0 Å². The standard InChI is InChI=1S/C18H14O2/c1-12-9-10-14(18(19)20)11-17(12)16-8-4-6-13-5-2-3-7-15(13)16/h2-11H,1H3,(H,19,20). The quantitative estimate of drug-likeness (QED) is 0.737. The molecule has 3 aromatic carbocycles. The van der Waals surface area contributed by atoms with Crippen LogP contribution in [0.2, 0.25) is 0 Å². The van der Waals surface area contributed by atoms with E-state index < -0.39 is 5.97 Å². The highest BCUT2D eigenvalue weighted by molar-refractivity contribution is 5.99. The monoisotopic (exact) mass is 262 g/mol. The van der Waals surface area contributed by atoms with E-state index in [0.29, 0.717) is 5.56 Å². The first-order chi connectivity index (χ1) is 9.66. The van der Waals surface area contributed by atoms with Crippen molar-refractivity contribution >= 4 is 16.7 Å². The largest absolute Gasteiger partial charge is 0.478 e. The molecule has 0 saturated heterocycles. The molecule has 20 heavy (non-hydrogen) atoms. The Labute approximate surface area is 117 Å². The number of rotatable bonds is 2. The molecule has 0 saturated carbocycles. The van der Waals surface area contributed by atoms with Gasteiger partial charge in [0, 0.05) is 0 Å². The van der Waals surface area contributed by atoms with Gasteiger partial charge in [-0.15, -0.1) is 0 Å². The molecule has 2 heteroatoms. The van der Waals surface area contributed by atoms with E-state index in [1.54, 1.807) is 12.1 Å². The molecule has 0 fully saturated rings. The number of carboxylic acid groups (broad SMARTS) is 1. The molecule has 0 radical (unpaired) electrons. The van der Waals surface area contributed by atoms with Crippen LogP contribution in [-0.4, -0.2) is 11.1 Å². The second-order valence-corrected chi connectivity index (χ2v) is 4.86. The van der Waals surface area contributed by atoms with Crippen molar-refractivity contribution in [3.63, 3.8) is 0 Å². The molecule has 2 nitrogen and oxygen atoms in total. The van der Waals surface area contributed by atoms with E-state index in [2.05, 4.69) is 18.2 Å². The minimum Gasteiger partial charge on any atom is -0.478 e. The lowest BCUT2D eigenvalue weighted by molar-refractivity contribution is 0.0697. The van der Waals surface area contributed by atoms with E-state index in [4.69, 9.17) is 5.11 Å². The summed E-state index contributed by atoms with van der Waals surface area (Å²) in [6, 6.07) is 19.5. The molecule has 0 aliphatic rings. The van der Waals surface area contributed by atoms with Crippen LogP contribution in [0.5, 0.6) is 0 Å². The van der Waals surface area contributed by atoms with Crippen LogP contribution in [0.4, 0.5) is 0 Å². The van der Waals surface area contributed by atoms with Crippen LogP contribution in [0, 0.1) is 6.92 Å². The number of benzene rings is 3. The van der Waals surface area contributed by atoms with Gasteiger partial charge in [-0.2, -0.15) is 0 Å². The number of aryl methyl sites for hydroxylation is 1. The second kappa shape index (κ2) is 4.82. The van der Waals surface area contributed by atoms with Crippen molar-refractivity contribution in [3.8, 4) is 11.1 Å². The maximum absolute atomic E-state index is 11.2. The number of carbonyl (C=O) groups is 1. The van der Waals surface area contributed by atoms with Gasteiger partial charge >= 0.3 is 5.97 Å². The zero-order valence-electron chi connectivity index (χ0n) is 11.1. The Hall–Kier alpha value is -2.61. The molecule has 3 aromatic rings. The average Bonchev–Trinajstić information content (AvgIpc) is 2.47. The number of fused-ring (bicyclic) bond motifs is 1. The third-order valence-electron chi connectivity index (χ3n) is 3.56. The van der Waals surface area contributed by atoms with Gasteiger partial charge in [0.25, 0.3) is 0 Å². The Kier molecular flexibility index (Phi) is 2.99. The van der Waals surface area contributed by atoms with E-state index in [1.807, 2.05) is 37.3 Å². The van der Waals surface area contributed by atoms with Crippen molar-refractivity contribution in [2.24, 2.45) is 0 Å². The van der Waals surface area contributed by atoms with Crippen LogP contribution in [-0.2, 0) is 0 Å². The average molecular weight is 262 g/mol. The highest BCUT2D eigenvalue weighted by atomic mass is 16.4. The van der Waals surface area contributed by atoms with E-state index >= 15 is 0 Å². The summed E-state index contributed by atoms with van der Waals surface area (Å²) < 4.78 is 0. The molecule has 0 aliphatic heterocycles. The summed E-state index contributed by atoms with van der Waals surface area (Å²) in [7, 11) is 0. The maximum atomic E-state index is 11.2. The van der Waals surface area contributed by atoms with Crippen LogP contribution in [0.1, 0.15) is 15.9 Å². The lowest BCUT2D eigenvalue weighted by Crippen LogP contribution is -1.97. The molecule has 0 spiro atoms. The lowest BCUT2D eigenvalue weighted by atomic mass is 9.94. The number of aromatic carboxylic acids is 1. The molecule has 98 valence electrons. The summed E-state index contributed by atoms with van der Waals surface area (Å²) >= 11 is 0. The van der Waals surface area contributed by atoms with Crippen LogP contribution < -0.4 is 0 Å². The normalized spacial score (nSPS) is 10.7. The summed E-state index contributed by atoms with van der Waals surface area (Å²) in [4.78, 5) is 11.2. The summed E-state index contributed by atoms with van der Waals surface area (Å²) in [5.74, 6) is -0.897. The molecule has 0 unspecified atom stereocenters. The van der Waals surface area contributed by atoms with Crippen molar-refractivity contribution in [2.45, 2.75) is 6.92 Å². The van der Waals surface area contributed by atoms with E-state index in [0.717, 1.165) is 27.5 Å². The van der Waals surface area contributed by atoms with Crippen molar-refractivity contribution in [3.05, 3.63) is 71.8 Å². The molecular weight excluding hydrogens is 248 g/mol. The lowest BCUT2D eigenvalue weighted by Gasteiger charge is -2.10. The number of hydrogen-bond acceptors (Lipinski definition) is 1. The van der Waals surface area contributed by atoms with Crippen LogP contribution >= 0.6 is 0 Å². The fourth-order valence-corrected chi connectivity index (χ4v) is 2.51. The van der Waals surface area contributed by atoms with Gasteiger partial charge in [0.15, 0.2) is 0 Å². The second-order valence-electron chi connectivity index (χ2n) is 4.86. The number of carboxylic acids is 1. The third-order valence-corrected chi connectivity index (χ3v) is 3.56. The Morgan fingerprint density at radius 2 is 1.65 bits per heavy atom.